The van der Waals surface area contributed by atoms with Crippen LogP contribution in [-0.4, -0.2) is 0 Å². The zero-order valence-electron chi connectivity index (χ0n) is 7.05. The molecule has 0 radical (unpaired) electrons. The van der Waals surface area contributed by atoms with Crippen LogP contribution in [0.25, 0.3) is 10.1 Å². The predicted octanol–water partition coefficient (Wildman–Crippen LogP) is 4.43. The number of nitrogens with zero attached hydrogens (tertiary/aromatic N) is 1. The van der Waals surface area contributed by atoms with Gasteiger partial charge in [0.05, 0.1) is 4.70 Å². The molecule has 0 amide bonds. The molecule has 0 aliphatic rings. The Balaban J connectivity index is 2.76. The Morgan fingerprint density at radius 2 is 2.21 bits per heavy atom. The van der Waals surface area contributed by atoms with E-state index in [1.54, 1.807) is 0 Å². The van der Waals surface area contributed by atoms with Crippen LogP contribution in [0.2, 0.25) is 0 Å². The molecular weight excluding hydrogens is 326 g/mol. The molecule has 0 fully saturated rings. The molecule has 0 aliphatic carbocycles. The lowest BCUT2D eigenvalue weighted by Crippen LogP contribution is -1.78. The number of benzene rings is 1. The van der Waals surface area contributed by atoms with Crippen LogP contribution in [0.3, 0.4) is 0 Å². The fourth-order valence-electron chi connectivity index (χ4n) is 1.27. The van der Waals surface area contributed by atoms with Crippen molar-refractivity contribution in [2.24, 2.45) is 0 Å². The smallest absolute Gasteiger partial charge is 0.110 e. The molecule has 2 aromatic rings. The minimum atomic E-state index is 0.757. The molecule has 0 aliphatic heterocycles. The summed E-state index contributed by atoms with van der Waals surface area (Å²) in [5, 5.41) is 10.7. The van der Waals surface area contributed by atoms with E-state index in [4.69, 9.17) is 5.26 Å². The highest BCUT2D eigenvalue weighted by Crippen LogP contribution is 2.34. The summed E-state index contributed by atoms with van der Waals surface area (Å²) in [5.41, 5.74) is 1.21. The molecule has 0 atom stereocenters. The molecule has 1 heterocycles. The molecule has 0 saturated heterocycles. The second-order valence-electron chi connectivity index (χ2n) is 2.81. The molecule has 0 bridgehead atoms. The molecule has 14 heavy (non-hydrogen) atoms. The van der Waals surface area contributed by atoms with Gasteiger partial charge in [0.2, 0.25) is 0 Å². The first-order valence-corrected chi connectivity index (χ1v) is 6.66. The van der Waals surface area contributed by atoms with Gasteiger partial charge in [-0.1, -0.05) is 28.1 Å². The van der Waals surface area contributed by atoms with E-state index in [9.17, 15) is 0 Å². The first-order valence-electron chi connectivity index (χ1n) is 3.93. The maximum Gasteiger partial charge on any atom is 0.110 e. The first kappa shape index (κ1) is 10.2. The number of thiophene rings is 1. The number of halogens is 2. The lowest BCUT2D eigenvalue weighted by Gasteiger charge is -2.00. The molecule has 1 aromatic heterocycles. The van der Waals surface area contributed by atoms with Gasteiger partial charge in [-0.05, 0) is 32.9 Å². The van der Waals surface area contributed by atoms with Crippen LogP contribution in [-0.2, 0) is 5.33 Å². The number of fused-ring (bicyclic) bond motifs is 1. The minimum absolute atomic E-state index is 0.757. The largest absolute Gasteiger partial charge is 0.192 e. The Morgan fingerprint density at radius 1 is 1.43 bits per heavy atom. The molecule has 70 valence electrons. The highest BCUT2D eigenvalue weighted by atomic mass is 79.9. The van der Waals surface area contributed by atoms with E-state index in [0.29, 0.717) is 0 Å². The summed E-state index contributed by atoms with van der Waals surface area (Å²) in [6, 6.07) is 8.20. The molecule has 0 saturated carbocycles. The van der Waals surface area contributed by atoms with Crippen molar-refractivity contribution in [1.82, 2.24) is 0 Å². The van der Waals surface area contributed by atoms with Gasteiger partial charge in [-0.3, -0.25) is 0 Å². The van der Waals surface area contributed by atoms with Crippen LogP contribution in [0.5, 0.6) is 0 Å². The van der Waals surface area contributed by atoms with E-state index < -0.39 is 0 Å². The molecule has 2 rings (SSSR count). The van der Waals surface area contributed by atoms with Crippen molar-refractivity contribution in [2.75, 3.05) is 0 Å². The van der Waals surface area contributed by atoms with Crippen LogP contribution in [0.1, 0.15) is 10.4 Å². The average molecular weight is 331 g/mol. The van der Waals surface area contributed by atoms with E-state index in [2.05, 4.69) is 44.0 Å². The lowest BCUT2D eigenvalue weighted by molar-refractivity contribution is 1.44. The number of alkyl halides is 1. The van der Waals surface area contributed by atoms with Gasteiger partial charge in [-0.2, -0.15) is 5.26 Å². The van der Waals surface area contributed by atoms with Crippen LogP contribution in [0.4, 0.5) is 0 Å². The molecule has 1 aromatic carbocycles. The monoisotopic (exact) mass is 329 g/mol. The lowest BCUT2D eigenvalue weighted by atomic mass is 10.2. The van der Waals surface area contributed by atoms with Crippen LogP contribution in [0, 0.1) is 11.3 Å². The molecule has 1 nitrogen and oxygen atoms in total. The van der Waals surface area contributed by atoms with Gasteiger partial charge in [-0.25, -0.2) is 0 Å². The van der Waals surface area contributed by atoms with Crippen molar-refractivity contribution < 1.29 is 0 Å². The Morgan fingerprint density at radius 3 is 2.86 bits per heavy atom. The van der Waals surface area contributed by atoms with Crippen molar-refractivity contribution in [2.45, 2.75) is 5.33 Å². The van der Waals surface area contributed by atoms with E-state index in [0.717, 1.165) is 24.8 Å². The van der Waals surface area contributed by atoms with Crippen molar-refractivity contribution in [3.8, 4) is 6.07 Å². The summed E-state index contributed by atoms with van der Waals surface area (Å²) in [5.74, 6) is 0. The van der Waals surface area contributed by atoms with Gasteiger partial charge in [0.1, 0.15) is 10.9 Å². The number of rotatable bonds is 1. The van der Waals surface area contributed by atoms with Crippen molar-refractivity contribution in [3.05, 3.63) is 33.1 Å². The Hall–Kier alpha value is -0.370. The van der Waals surface area contributed by atoms with Crippen molar-refractivity contribution in [3.63, 3.8) is 0 Å². The van der Waals surface area contributed by atoms with E-state index in [-0.39, 0.29) is 0 Å². The summed E-state index contributed by atoms with van der Waals surface area (Å²) < 4.78 is 2.25. The Labute approximate surface area is 103 Å². The SMILES string of the molecule is N#Cc1cc2ccc(CBr)c(Br)c2s1. The minimum Gasteiger partial charge on any atom is -0.192 e. The fraction of sp³-hybridized carbons (Fsp3) is 0.100. The zero-order chi connectivity index (χ0) is 10.1. The standard InChI is InChI=1S/C10H5Br2NS/c11-4-7-2-1-6-3-8(5-13)14-10(6)9(7)12/h1-3H,4H2. The highest BCUT2D eigenvalue weighted by molar-refractivity contribution is 9.11. The average Bonchev–Trinajstić information content (AvgIpc) is 2.62. The molecule has 0 N–H and O–H groups in total. The van der Waals surface area contributed by atoms with E-state index in [1.165, 1.54) is 16.9 Å². The summed E-state index contributed by atoms with van der Waals surface area (Å²) in [7, 11) is 0. The third-order valence-electron chi connectivity index (χ3n) is 1.96. The maximum atomic E-state index is 8.79. The van der Waals surface area contributed by atoms with Gasteiger partial charge in [0, 0.05) is 9.80 Å². The third-order valence-corrected chi connectivity index (χ3v) is 4.81. The number of hydrogen-bond acceptors (Lipinski definition) is 2. The normalized spacial score (nSPS) is 10.4. The summed E-state index contributed by atoms with van der Waals surface area (Å²) in [6.07, 6.45) is 0. The second kappa shape index (κ2) is 4.01. The number of nitriles is 1. The molecule has 0 spiro atoms. The van der Waals surface area contributed by atoms with Crippen LogP contribution >= 0.6 is 43.2 Å². The zero-order valence-corrected chi connectivity index (χ0v) is 11.0. The van der Waals surface area contributed by atoms with Crippen LogP contribution in [0.15, 0.2) is 22.7 Å². The Bertz CT molecular complexity index is 525. The molecular formula is C10H5Br2NS. The van der Waals surface area contributed by atoms with Gasteiger partial charge in [0.25, 0.3) is 0 Å². The predicted molar refractivity (Wildman–Crippen MR) is 66.9 cm³/mol. The fourth-order valence-corrected chi connectivity index (χ4v) is 3.77. The first-order chi connectivity index (χ1) is 6.76. The van der Waals surface area contributed by atoms with Gasteiger partial charge < -0.3 is 0 Å². The van der Waals surface area contributed by atoms with Crippen LogP contribution < -0.4 is 0 Å². The van der Waals surface area contributed by atoms with E-state index >= 15 is 0 Å². The second-order valence-corrected chi connectivity index (χ2v) is 5.22. The highest BCUT2D eigenvalue weighted by Gasteiger charge is 2.07. The van der Waals surface area contributed by atoms with Crippen molar-refractivity contribution >= 4 is 53.3 Å². The third kappa shape index (κ3) is 1.60. The molecule has 4 heteroatoms. The van der Waals surface area contributed by atoms with Gasteiger partial charge >= 0.3 is 0 Å². The number of hydrogen-bond donors (Lipinski definition) is 0. The quantitative estimate of drug-likeness (QED) is 0.709. The molecule has 0 unspecified atom stereocenters. The van der Waals surface area contributed by atoms with Crippen molar-refractivity contribution in [1.29, 1.82) is 5.26 Å². The topological polar surface area (TPSA) is 23.8 Å². The summed E-state index contributed by atoms with van der Waals surface area (Å²) >= 11 is 8.51. The maximum absolute atomic E-state index is 8.79. The summed E-state index contributed by atoms with van der Waals surface area (Å²) in [4.78, 5) is 0.757. The van der Waals surface area contributed by atoms with Gasteiger partial charge in [0.15, 0.2) is 0 Å². The van der Waals surface area contributed by atoms with E-state index in [1.807, 2.05) is 12.1 Å². The summed E-state index contributed by atoms with van der Waals surface area (Å²) in [6.45, 7) is 0. The van der Waals surface area contributed by atoms with Gasteiger partial charge in [-0.15, -0.1) is 11.3 Å². The Kier molecular flexibility index (Phi) is 2.91.